The predicted octanol–water partition coefficient (Wildman–Crippen LogP) is 1.25. The molecule has 92 valence electrons. The van der Waals surface area contributed by atoms with Crippen LogP contribution < -0.4 is 5.73 Å². The highest BCUT2D eigenvalue weighted by molar-refractivity contribution is 8.00. The first-order chi connectivity index (χ1) is 7.52. The maximum Gasteiger partial charge on any atom is 0.0625 e. The maximum atomic E-state index is 9.35. The van der Waals surface area contributed by atoms with Crippen molar-refractivity contribution in [3.05, 3.63) is 12.4 Å². The van der Waals surface area contributed by atoms with Gasteiger partial charge in [-0.1, -0.05) is 13.8 Å². The monoisotopic (exact) mass is 243 g/mol. The number of aromatic nitrogens is 2. The van der Waals surface area contributed by atoms with E-state index in [9.17, 15) is 5.11 Å². The quantitative estimate of drug-likeness (QED) is 0.738. The Bertz CT molecular complexity index is 314. The third-order valence-corrected chi connectivity index (χ3v) is 3.65. The number of rotatable bonds is 6. The molecule has 0 aliphatic rings. The van der Waals surface area contributed by atoms with Gasteiger partial charge in [-0.3, -0.25) is 4.68 Å². The van der Waals surface area contributed by atoms with Gasteiger partial charge in [-0.25, -0.2) is 0 Å². The third kappa shape index (κ3) is 4.15. The minimum absolute atomic E-state index is 0.0233. The summed E-state index contributed by atoms with van der Waals surface area (Å²) in [5, 5.41) is 13.5. The molecular weight excluding hydrogens is 222 g/mol. The molecule has 3 N–H and O–H groups in total. The molecule has 16 heavy (non-hydrogen) atoms. The van der Waals surface area contributed by atoms with Crippen molar-refractivity contribution in [3.8, 4) is 0 Å². The van der Waals surface area contributed by atoms with Crippen molar-refractivity contribution in [2.75, 3.05) is 6.61 Å². The molecule has 0 saturated heterocycles. The van der Waals surface area contributed by atoms with Gasteiger partial charge in [-0.15, -0.1) is 11.8 Å². The first-order valence-corrected chi connectivity index (χ1v) is 6.42. The van der Waals surface area contributed by atoms with Crippen molar-refractivity contribution in [2.24, 2.45) is 18.7 Å². The van der Waals surface area contributed by atoms with E-state index in [1.165, 1.54) is 0 Å². The molecule has 0 fully saturated rings. The Balaban J connectivity index is 2.54. The summed E-state index contributed by atoms with van der Waals surface area (Å²) in [5.41, 5.74) is 6.08. The van der Waals surface area contributed by atoms with Gasteiger partial charge >= 0.3 is 0 Å². The molecule has 0 aromatic carbocycles. The Morgan fingerprint density at radius 2 is 2.25 bits per heavy atom. The van der Waals surface area contributed by atoms with Crippen LogP contribution in [0.1, 0.15) is 20.3 Å². The van der Waals surface area contributed by atoms with E-state index in [-0.39, 0.29) is 17.9 Å². The molecule has 1 aromatic heterocycles. The molecule has 0 amide bonds. The zero-order valence-electron chi connectivity index (χ0n) is 10.1. The highest BCUT2D eigenvalue weighted by Gasteiger charge is 2.19. The lowest BCUT2D eigenvalue weighted by molar-refractivity contribution is 0.275. The molecular formula is C11H21N3OS. The van der Waals surface area contributed by atoms with Gasteiger partial charge in [0.15, 0.2) is 0 Å². The fourth-order valence-corrected chi connectivity index (χ4v) is 2.62. The summed E-state index contributed by atoms with van der Waals surface area (Å²) in [5.74, 6) is 0.554. The first kappa shape index (κ1) is 13.5. The lowest BCUT2D eigenvalue weighted by Crippen LogP contribution is -2.36. The number of aryl methyl sites for hydroxylation is 1. The fraction of sp³-hybridized carbons (Fsp3) is 0.727. The van der Waals surface area contributed by atoms with Crippen molar-refractivity contribution in [1.82, 2.24) is 9.78 Å². The standard InChI is InChI=1S/C11H21N3OS/c1-8(2)4-10(12)11(7-15)16-9-5-13-14(3)6-9/h5-6,8,10-11,15H,4,7,12H2,1-3H3. The van der Waals surface area contributed by atoms with Crippen molar-refractivity contribution in [2.45, 2.75) is 36.5 Å². The molecule has 2 unspecified atom stereocenters. The average molecular weight is 243 g/mol. The van der Waals surface area contributed by atoms with Crippen LogP contribution in [0.25, 0.3) is 0 Å². The Morgan fingerprint density at radius 1 is 1.56 bits per heavy atom. The van der Waals surface area contributed by atoms with E-state index < -0.39 is 0 Å². The van der Waals surface area contributed by atoms with Crippen LogP contribution in [0.5, 0.6) is 0 Å². The number of hydrogen-bond acceptors (Lipinski definition) is 4. The third-order valence-electron chi connectivity index (χ3n) is 2.37. The van der Waals surface area contributed by atoms with E-state index >= 15 is 0 Å². The second-order valence-electron chi connectivity index (χ2n) is 4.48. The van der Waals surface area contributed by atoms with Gasteiger partial charge in [0.2, 0.25) is 0 Å². The second-order valence-corrected chi connectivity index (χ2v) is 5.79. The summed E-state index contributed by atoms with van der Waals surface area (Å²) in [6, 6.07) is 0.0233. The number of hydrogen-bond donors (Lipinski definition) is 2. The van der Waals surface area contributed by atoms with E-state index in [1.54, 1.807) is 22.6 Å². The van der Waals surface area contributed by atoms with Crippen LogP contribution in [0.15, 0.2) is 17.3 Å². The summed E-state index contributed by atoms with van der Waals surface area (Å²) in [4.78, 5) is 1.06. The van der Waals surface area contributed by atoms with Crippen LogP contribution in [0.2, 0.25) is 0 Å². The molecule has 1 aromatic rings. The van der Waals surface area contributed by atoms with E-state index in [2.05, 4.69) is 18.9 Å². The van der Waals surface area contributed by atoms with Gasteiger partial charge in [0, 0.05) is 29.4 Å². The smallest absolute Gasteiger partial charge is 0.0625 e. The van der Waals surface area contributed by atoms with Crippen LogP contribution >= 0.6 is 11.8 Å². The Labute approximate surface area is 101 Å². The number of nitrogens with zero attached hydrogens (tertiary/aromatic N) is 2. The Hall–Kier alpha value is -0.520. The molecule has 0 bridgehead atoms. The highest BCUT2D eigenvalue weighted by atomic mass is 32.2. The lowest BCUT2D eigenvalue weighted by atomic mass is 10.0. The van der Waals surface area contributed by atoms with Crippen molar-refractivity contribution in [3.63, 3.8) is 0 Å². The fourth-order valence-electron chi connectivity index (χ4n) is 1.59. The zero-order valence-corrected chi connectivity index (χ0v) is 10.9. The SMILES string of the molecule is CC(C)CC(N)C(CO)Sc1cnn(C)c1. The zero-order chi connectivity index (χ0) is 12.1. The average Bonchev–Trinajstić information content (AvgIpc) is 2.59. The van der Waals surface area contributed by atoms with Gasteiger partial charge < -0.3 is 10.8 Å². The number of nitrogens with two attached hydrogens (primary N) is 1. The van der Waals surface area contributed by atoms with Crippen LogP contribution in [0.4, 0.5) is 0 Å². The van der Waals surface area contributed by atoms with Gasteiger partial charge in [-0.2, -0.15) is 5.10 Å². The number of aliphatic hydroxyl groups excluding tert-OH is 1. The normalized spacial score (nSPS) is 15.4. The lowest BCUT2D eigenvalue weighted by Gasteiger charge is -2.22. The molecule has 2 atom stereocenters. The first-order valence-electron chi connectivity index (χ1n) is 5.54. The minimum Gasteiger partial charge on any atom is -0.395 e. The van der Waals surface area contributed by atoms with E-state index in [4.69, 9.17) is 5.73 Å². The topological polar surface area (TPSA) is 64.1 Å². The molecule has 4 nitrogen and oxygen atoms in total. The summed E-state index contributed by atoms with van der Waals surface area (Å²) >= 11 is 1.60. The Kier molecular flexibility index (Phi) is 5.31. The molecule has 1 heterocycles. The Morgan fingerprint density at radius 3 is 2.69 bits per heavy atom. The summed E-state index contributed by atoms with van der Waals surface area (Å²) in [6.45, 7) is 4.39. The van der Waals surface area contributed by atoms with Crippen LogP contribution in [-0.4, -0.2) is 32.8 Å². The second kappa shape index (κ2) is 6.27. The van der Waals surface area contributed by atoms with Gasteiger partial charge in [-0.05, 0) is 12.3 Å². The van der Waals surface area contributed by atoms with Gasteiger partial charge in [0.05, 0.1) is 12.8 Å². The van der Waals surface area contributed by atoms with E-state index in [1.807, 2.05) is 13.2 Å². The van der Waals surface area contributed by atoms with E-state index in [0.29, 0.717) is 5.92 Å². The minimum atomic E-state index is 0.0233. The van der Waals surface area contributed by atoms with Gasteiger partial charge in [0.25, 0.3) is 0 Å². The molecule has 1 rings (SSSR count). The highest BCUT2D eigenvalue weighted by Crippen LogP contribution is 2.26. The molecule has 0 saturated carbocycles. The van der Waals surface area contributed by atoms with Crippen LogP contribution in [0.3, 0.4) is 0 Å². The van der Waals surface area contributed by atoms with Crippen molar-refractivity contribution < 1.29 is 5.11 Å². The molecule has 0 aliphatic carbocycles. The maximum absolute atomic E-state index is 9.35. The largest absolute Gasteiger partial charge is 0.395 e. The molecule has 5 heteroatoms. The number of thioether (sulfide) groups is 1. The molecule has 0 aliphatic heterocycles. The van der Waals surface area contributed by atoms with Crippen LogP contribution in [-0.2, 0) is 7.05 Å². The molecule has 0 radical (unpaired) electrons. The summed E-state index contributed by atoms with van der Waals surface area (Å²) < 4.78 is 1.75. The van der Waals surface area contributed by atoms with Crippen LogP contribution in [0, 0.1) is 5.92 Å². The summed E-state index contributed by atoms with van der Waals surface area (Å²) in [7, 11) is 1.88. The van der Waals surface area contributed by atoms with Gasteiger partial charge in [0.1, 0.15) is 0 Å². The predicted molar refractivity (Wildman–Crippen MR) is 67.4 cm³/mol. The molecule has 0 spiro atoms. The number of aliphatic hydroxyl groups is 1. The van der Waals surface area contributed by atoms with Crippen molar-refractivity contribution in [1.29, 1.82) is 0 Å². The summed E-state index contributed by atoms with van der Waals surface area (Å²) in [6.07, 6.45) is 4.67. The van der Waals surface area contributed by atoms with Crippen molar-refractivity contribution >= 4 is 11.8 Å². The van der Waals surface area contributed by atoms with E-state index in [0.717, 1.165) is 11.3 Å².